The number of aliphatic hydroxyl groups is 1. The normalized spacial score (nSPS) is 48.0. The minimum Gasteiger partial charge on any atom is -0.456 e. The summed E-state index contributed by atoms with van der Waals surface area (Å²) in [5.74, 6) is -0.923. The third-order valence-electron chi connectivity index (χ3n) is 5.42. The summed E-state index contributed by atoms with van der Waals surface area (Å²) in [7, 11) is 0. The van der Waals surface area contributed by atoms with Crippen LogP contribution in [0.15, 0.2) is 12.2 Å². The zero-order chi connectivity index (χ0) is 14.7. The fourth-order valence-electron chi connectivity index (χ4n) is 4.14. The second kappa shape index (κ2) is 4.07. The van der Waals surface area contributed by atoms with Gasteiger partial charge in [0.15, 0.2) is 0 Å². The van der Waals surface area contributed by atoms with E-state index in [1.165, 1.54) is 0 Å². The van der Waals surface area contributed by atoms with E-state index in [0.717, 1.165) is 6.42 Å². The topological polar surface area (TPSA) is 72.8 Å². The molecule has 0 aromatic rings. The smallest absolute Gasteiger partial charge is 0.334 e. The van der Waals surface area contributed by atoms with Gasteiger partial charge in [0, 0.05) is 24.3 Å². The Morgan fingerprint density at radius 3 is 2.65 bits per heavy atom. The van der Waals surface area contributed by atoms with E-state index in [-0.39, 0.29) is 17.8 Å². The summed E-state index contributed by atoms with van der Waals surface area (Å²) < 4.78 is 10.9. The third-order valence-corrected chi connectivity index (χ3v) is 5.42. The average molecular weight is 280 g/mol. The summed E-state index contributed by atoms with van der Waals surface area (Å²) in [6, 6.07) is 0. The lowest BCUT2D eigenvalue weighted by molar-refractivity contribution is -0.219. The number of carbonyl (C=O) groups excluding carboxylic acids is 2. The molecule has 1 N–H and O–H groups in total. The lowest BCUT2D eigenvalue weighted by atomic mass is 9.70. The molecule has 0 amide bonds. The molecule has 3 rings (SSSR count). The first-order valence-corrected chi connectivity index (χ1v) is 7.13. The van der Waals surface area contributed by atoms with Crippen LogP contribution in [0.3, 0.4) is 0 Å². The van der Waals surface area contributed by atoms with Gasteiger partial charge in [0.05, 0.1) is 0 Å². The minimum atomic E-state index is -1.39. The van der Waals surface area contributed by atoms with Crippen molar-refractivity contribution in [2.75, 3.05) is 0 Å². The van der Waals surface area contributed by atoms with Gasteiger partial charge in [-0.15, -0.1) is 0 Å². The number of rotatable bonds is 0. The summed E-state index contributed by atoms with van der Waals surface area (Å²) in [5.41, 5.74) is -1.94. The van der Waals surface area contributed by atoms with Gasteiger partial charge >= 0.3 is 11.9 Å². The van der Waals surface area contributed by atoms with Crippen LogP contribution in [0.25, 0.3) is 0 Å². The zero-order valence-electron chi connectivity index (χ0n) is 11.8. The zero-order valence-corrected chi connectivity index (χ0v) is 11.8. The number of fused-ring (bicyclic) bond motifs is 1. The number of hydrogen-bond donors (Lipinski definition) is 1. The molecule has 3 fully saturated rings. The van der Waals surface area contributed by atoms with E-state index in [4.69, 9.17) is 9.47 Å². The van der Waals surface area contributed by atoms with E-state index in [2.05, 4.69) is 6.58 Å². The van der Waals surface area contributed by atoms with Crippen LogP contribution in [0.1, 0.15) is 39.5 Å². The van der Waals surface area contributed by atoms with Crippen LogP contribution in [-0.4, -0.2) is 34.4 Å². The van der Waals surface area contributed by atoms with Crippen LogP contribution in [0.4, 0.5) is 0 Å². The van der Waals surface area contributed by atoms with E-state index >= 15 is 0 Å². The Kier molecular flexibility index (Phi) is 2.77. The van der Waals surface area contributed by atoms with Crippen LogP contribution < -0.4 is 0 Å². The van der Waals surface area contributed by atoms with Crippen molar-refractivity contribution in [3.8, 4) is 0 Å². The van der Waals surface area contributed by atoms with Crippen molar-refractivity contribution in [2.24, 2.45) is 11.8 Å². The van der Waals surface area contributed by atoms with Crippen molar-refractivity contribution in [3.05, 3.63) is 12.2 Å². The molecule has 5 atom stereocenters. The summed E-state index contributed by atoms with van der Waals surface area (Å²) in [4.78, 5) is 23.4. The Morgan fingerprint density at radius 2 is 2.05 bits per heavy atom. The molecule has 0 bridgehead atoms. The molecular formula is C15H20O5. The molecule has 1 saturated carbocycles. The molecule has 5 nitrogen and oxygen atoms in total. The average Bonchev–Trinajstić information content (AvgIpc) is 2.89. The Bertz CT molecular complexity index is 494. The highest BCUT2D eigenvalue weighted by molar-refractivity contribution is 5.91. The predicted molar refractivity (Wildman–Crippen MR) is 69.6 cm³/mol. The highest BCUT2D eigenvalue weighted by Crippen LogP contribution is 2.53. The summed E-state index contributed by atoms with van der Waals surface area (Å²) in [6.45, 7) is 7.40. The molecule has 2 aliphatic heterocycles. The molecule has 5 heteroatoms. The van der Waals surface area contributed by atoms with Crippen LogP contribution >= 0.6 is 0 Å². The van der Waals surface area contributed by atoms with E-state index < -0.39 is 23.3 Å². The van der Waals surface area contributed by atoms with E-state index in [1.54, 1.807) is 6.92 Å². The molecule has 20 heavy (non-hydrogen) atoms. The van der Waals surface area contributed by atoms with Gasteiger partial charge in [-0.2, -0.15) is 0 Å². The van der Waals surface area contributed by atoms with Gasteiger partial charge in [-0.25, -0.2) is 4.79 Å². The Balaban J connectivity index is 2.06. The van der Waals surface area contributed by atoms with Crippen LogP contribution in [0.5, 0.6) is 0 Å². The number of esters is 2. The van der Waals surface area contributed by atoms with Gasteiger partial charge in [0.1, 0.15) is 17.3 Å². The van der Waals surface area contributed by atoms with Gasteiger partial charge in [0.25, 0.3) is 0 Å². The van der Waals surface area contributed by atoms with E-state index in [9.17, 15) is 14.7 Å². The largest absolute Gasteiger partial charge is 0.456 e. The van der Waals surface area contributed by atoms with Crippen molar-refractivity contribution in [2.45, 2.75) is 56.8 Å². The van der Waals surface area contributed by atoms with Gasteiger partial charge in [-0.1, -0.05) is 13.5 Å². The quantitative estimate of drug-likeness (QED) is 0.535. The SMILES string of the molecule is C=C1C(=O)O[C@H]2[C@@H]1CC[C@H](C)[C@]1(CCC(=O)O1)[C@]2(C)O. The maximum Gasteiger partial charge on any atom is 0.334 e. The molecule has 3 aliphatic rings. The molecule has 2 heterocycles. The fraction of sp³-hybridized carbons (Fsp3) is 0.733. The third kappa shape index (κ3) is 1.53. The second-order valence-corrected chi connectivity index (χ2v) is 6.45. The molecule has 110 valence electrons. The van der Waals surface area contributed by atoms with Gasteiger partial charge < -0.3 is 14.6 Å². The maximum absolute atomic E-state index is 11.7. The molecule has 0 unspecified atom stereocenters. The standard InChI is InChI=1S/C15H20O5/c1-8-4-5-10-9(2)13(17)19-12(10)14(3,18)15(8)7-6-11(16)20-15/h8,10,12,18H,2,4-7H2,1,3H3/t8-,10+,12-,14+,15+/m0/s1. The molecule has 0 aromatic carbocycles. The molecular weight excluding hydrogens is 260 g/mol. The molecule has 1 spiro atoms. The van der Waals surface area contributed by atoms with Crippen molar-refractivity contribution >= 4 is 11.9 Å². The summed E-state index contributed by atoms with van der Waals surface area (Å²) in [5, 5.41) is 11.1. The molecule has 0 aromatic heterocycles. The lowest BCUT2D eigenvalue weighted by Gasteiger charge is -2.46. The molecule has 2 saturated heterocycles. The highest BCUT2D eigenvalue weighted by atomic mass is 16.6. The minimum absolute atomic E-state index is 0.0149. The summed E-state index contributed by atoms with van der Waals surface area (Å²) >= 11 is 0. The Morgan fingerprint density at radius 1 is 1.35 bits per heavy atom. The van der Waals surface area contributed by atoms with E-state index in [0.29, 0.717) is 24.8 Å². The molecule has 0 radical (unpaired) electrons. The first kappa shape index (κ1) is 13.6. The van der Waals surface area contributed by atoms with E-state index in [1.807, 2.05) is 6.92 Å². The first-order valence-electron chi connectivity index (χ1n) is 7.13. The molecule has 1 aliphatic carbocycles. The van der Waals surface area contributed by atoms with Gasteiger partial charge in [-0.05, 0) is 25.7 Å². The maximum atomic E-state index is 11.7. The van der Waals surface area contributed by atoms with Crippen molar-refractivity contribution < 1.29 is 24.2 Å². The van der Waals surface area contributed by atoms with Crippen molar-refractivity contribution in [3.63, 3.8) is 0 Å². The Labute approximate surface area is 117 Å². The van der Waals surface area contributed by atoms with Gasteiger partial charge in [-0.3, -0.25) is 4.79 Å². The van der Waals surface area contributed by atoms with Crippen molar-refractivity contribution in [1.82, 2.24) is 0 Å². The lowest BCUT2D eigenvalue weighted by Crippen LogP contribution is -2.62. The number of hydrogen-bond acceptors (Lipinski definition) is 5. The fourth-order valence-corrected chi connectivity index (χ4v) is 4.14. The van der Waals surface area contributed by atoms with Crippen LogP contribution in [-0.2, 0) is 19.1 Å². The van der Waals surface area contributed by atoms with Crippen LogP contribution in [0, 0.1) is 11.8 Å². The monoisotopic (exact) mass is 280 g/mol. The first-order chi connectivity index (χ1) is 9.29. The van der Waals surface area contributed by atoms with Gasteiger partial charge in [0.2, 0.25) is 0 Å². The van der Waals surface area contributed by atoms with Crippen LogP contribution in [0.2, 0.25) is 0 Å². The Hall–Kier alpha value is -1.36. The number of carbonyl (C=O) groups is 2. The number of ether oxygens (including phenoxy) is 2. The predicted octanol–water partition coefficient (Wildman–Crippen LogP) is 1.34. The van der Waals surface area contributed by atoms with Crippen molar-refractivity contribution in [1.29, 1.82) is 0 Å². The summed E-state index contributed by atoms with van der Waals surface area (Å²) in [6.07, 6.45) is 1.56. The highest BCUT2D eigenvalue weighted by Gasteiger charge is 2.66. The second-order valence-electron chi connectivity index (χ2n) is 6.45.